The second-order valence-electron chi connectivity index (χ2n) is 5.21. The van der Waals surface area contributed by atoms with Crippen molar-refractivity contribution in [3.8, 4) is 0 Å². The van der Waals surface area contributed by atoms with Gasteiger partial charge in [-0.2, -0.15) is 13.2 Å². The number of carbonyl (C=O) groups is 1. The van der Waals surface area contributed by atoms with Gasteiger partial charge < -0.3 is 16.4 Å². The van der Waals surface area contributed by atoms with Gasteiger partial charge in [0.15, 0.2) is 0 Å². The molecule has 0 radical (unpaired) electrons. The second kappa shape index (κ2) is 6.34. The van der Waals surface area contributed by atoms with Gasteiger partial charge in [0.2, 0.25) is 0 Å². The maximum Gasteiger partial charge on any atom is 0.416 e. The van der Waals surface area contributed by atoms with Gasteiger partial charge in [-0.15, -0.1) is 0 Å². The monoisotopic (exact) mass is 301 g/mol. The Kier molecular flexibility index (Phi) is 4.72. The highest BCUT2D eigenvalue weighted by Crippen LogP contribution is 2.30. The minimum absolute atomic E-state index is 0.0131. The Balaban J connectivity index is 1.97. The summed E-state index contributed by atoms with van der Waals surface area (Å²) in [5, 5.41) is 5.21. The molecule has 1 fully saturated rings. The molecule has 1 saturated carbocycles. The molecule has 0 heterocycles. The van der Waals surface area contributed by atoms with Gasteiger partial charge in [-0.25, -0.2) is 4.79 Å². The van der Waals surface area contributed by atoms with Crippen LogP contribution in [0.15, 0.2) is 24.3 Å². The molecule has 1 aromatic carbocycles. The molecule has 21 heavy (non-hydrogen) atoms. The lowest BCUT2D eigenvalue weighted by Crippen LogP contribution is -2.42. The molecule has 0 aromatic heterocycles. The van der Waals surface area contributed by atoms with E-state index in [-0.39, 0.29) is 17.6 Å². The zero-order valence-corrected chi connectivity index (χ0v) is 11.4. The molecule has 7 heteroatoms. The van der Waals surface area contributed by atoms with Gasteiger partial charge >= 0.3 is 12.2 Å². The van der Waals surface area contributed by atoms with Crippen molar-refractivity contribution >= 4 is 11.7 Å². The Labute approximate surface area is 120 Å². The van der Waals surface area contributed by atoms with E-state index in [2.05, 4.69) is 10.6 Å². The largest absolute Gasteiger partial charge is 0.416 e. The summed E-state index contributed by atoms with van der Waals surface area (Å²) in [5.74, 6) is 0.234. The van der Waals surface area contributed by atoms with Crippen LogP contribution in [0.25, 0.3) is 0 Å². The molecule has 0 bridgehead atoms. The molecule has 2 amide bonds. The minimum Gasteiger partial charge on any atom is -0.335 e. The molecule has 0 saturated heterocycles. The van der Waals surface area contributed by atoms with Crippen molar-refractivity contribution in [2.24, 2.45) is 11.7 Å². The van der Waals surface area contributed by atoms with Gasteiger partial charge in [0.05, 0.1) is 5.56 Å². The molecule has 1 aromatic rings. The normalized spacial score (nSPS) is 22.1. The van der Waals surface area contributed by atoms with Crippen molar-refractivity contribution in [3.05, 3.63) is 29.8 Å². The maximum atomic E-state index is 12.6. The lowest BCUT2D eigenvalue weighted by Gasteiger charge is -2.20. The lowest BCUT2D eigenvalue weighted by molar-refractivity contribution is -0.137. The molecule has 2 atom stereocenters. The van der Waals surface area contributed by atoms with E-state index in [1.807, 2.05) is 0 Å². The number of nitrogens with two attached hydrogens (primary N) is 1. The summed E-state index contributed by atoms with van der Waals surface area (Å²) in [7, 11) is 0. The van der Waals surface area contributed by atoms with Crippen LogP contribution in [0.3, 0.4) is 0 Å². The SMILES string of the molecule is NCC1CCCC1NC(=O)Nc1cccc(C(F)(F)F)c1. The van der Waals surface area contributed by atoms with Crippen molar-refractivity contribution in [2.45, 2.75) is 31.5 Å². The van der Waals surface area contributed by atoms with Crippen LogP contribution < -0.4 is 16.4 Å². The van der Waals surface area contributed by atoms with Gasteiger partial charge in [-0.1, -0.05) is 12.5 Å². The predicted octanol–water partition coefficient (Wildman–Crippen LogP) is 2.95. The highest BCUT2D eigenvalue weighted by Gasteiger charge is 2.31. The summed E-state index contributed by atoms with van der Waals surface area (Å²) in [5.41, 5.74) is 4.95. The summed E-state index contributed by atoms with van der Waals surface area (Å²) < 4.78 is 37.8. The summed E-state index contributed by atoms with van der Waals surface area (Å²) in [6.07, 6.45) is -1.62. The Hall–Kier alpha value is -1.76. The number of nitrogens with one attached hydrogen (secondary N) is 2. The van der Waals surface area contributed by atoms with E-state index in [0.29, 0.717) is 6.54 Å². The molecule has 0 aliphatic heterocycles. The Morgan fingerprint density at radius 2 is 2.10 bits per heavy atom. The van der Waals surface area contributed by atoms with Gasteiger partial charge in [0.1, 0.15) is 0 Å². The topological polar surface area (TPSA) is 67.1 Å². The van der Waals surface area contributed by atoms with Gasteiger partial charge in [-0.3, -0.25) is 0 Å². The fraction of sp³-hybridized carbons (Fsp3) is 0.500. The Bertz CT molecular complexity index is 504. The van der Waals surface area contributed by atoms with E-state index in [1.165, 1.54) is 12.1 Å². The maximum absolute atomic E-state index is 12.6. The number of amides is 2. The minimum atomic E-state index is -4.43. The number of hydrogen-bond acceptors (Lipinski definition) is 2. The van der Waals surface area contributed by atoms with Crippen molar-refractivity contribution in [1.29, 1.82) is 0 Å². The average Bonchev–Trinajstić information content (AvgIpc) is 2.85. The zero-order chi connectivity index (χ0) is 15.5. The van der Waals surface area contributed by atoms with E-state index in [4.69, 9.17) is 5.73 Å². The predicted molar refractivity (Wildman–Crippen MR) is 73.8 cm³/mol. The number of alkyl halides is 3. The quantitative estimate of drug-likeness (QED) is 0.803. The van der Waals surface area contributed by atoms with Crippen LogP contribution in [-0.2, 0) is 6.18 Å². The number of benzene rings is 1. The highest BCUT2D eigenvalue weighted by molar-refractivity contribution is 5.89. The number of urea groups is 1. The summed E-state index contributed by atoms with van der Waals surface area (Å²) in [6.45, 7) is 0.495. The molecule has 116 valence electrons. The first-order valence-corrected chi connectivity index (χ1v) is 6.85. The van der Waals surface area contributed by atoms with Crippen molar-refractivity contribution < 1.29 is 18.0 Å². The Morgan fingerprint density at radius 1 is 1.33 bits per heavy atom. The molecular weight excluding hydrogens is 283 g/mol. The van der Waals surface area contributed by atoms with Crippen molar-refractivity contribution in [3.63, 3.8) is 0 Å². The molecule has 2 unspecified atom stereocenters. The number of anilines is 1. The Morgan fingerprint density at radius 3 is 2.76 bits per heavy atom. The third kappa shape index (κ3) is 4.10. The number of halogens is 3. The summed E-state index contributed by atoms with van der Waals surface area (Å²) in [6, 6.07) is 4.04. The van der Waals surface area contributed by atoms with Gasteiger partial charge in [0, 0.05) is 11.7 Å². The molecular formula is C14H18F3N3O. The van der Waals surface area contributed by atoms with E-state index in [0.717, 1.165) is 31.4 Å². The van der Waals surface area contributed by atoms with Crippen molar-refractivity contribution in [1.82, 2.24) is 5.32 Å². The molecule has 2 rings (SSSR count). The van der Waals surface area contributed by atoms with E-state index < -0.39 is 17.8 Å². The van der Waals surface area contributed by atoms with Crippen LogP contribution in [0.5, 0.6) is 0 Å². The average molecular weight is 301 g/mol. The number of hydrogen-bond donors (Lipinski definition) is 3. The fourth-order valence-corrected chi connectivity index (χ4v) is 2.62. The lowest BCUT2D eigenvalue weighted by atomic mass is 10.0. The smallest absolute Gasteiger partial charge is 0.335 e. The van der Waals surface area contributed by atoms with Crippen LogP contribution in [0.4, 0.5) is 23.7 Å². The molecule has 0 spiro atoms. The summed E-state index contributed by atoms with van der Waals surface area (Å²) >= 11 is 0. The first-order valence-electron chi connectivity index (χ1n) is 6.85. The van der Waals surface area contributed by atoms with E-state index >= 15 is 0 Å². The summed E-state index contributed by atoms with van der Waals surface area (Å²) in [4.78, 5) is 11.8. The highest BCUT2D eigenvalue weighted by atomic mass is 19.4. The van der Waals surface area contributed by atoms with E-state index in [1.54, 1.807) is 0 Å². The zero-order valence-electron chi connectivity index (χ0n) is 11.4. The van der Waals surface area contributed by atoms with Crippen LogP contribution in [0.2, 0.25) is 0 Å². The third-order valence-corrected chi connectivity index (χ3v) is 3.73. The molecule has 4 N–H and O–H groups in total. The molecule has 1 aliphatic carbocycles. The van der Waals surface area contributed by atoms with Crippen LogP contribution in [-0.4, -0.2) is 18.6 Å². The van der Waals surface area contributed by atoms with Crippen LogP contribution in [0, 0.1) is 5.92 Å². The molecule has 4 nitrogen and oxygen atoms in total. The fourth-order valence-electron chi connectivity index (χ4n) is 2.62. The standard InChI is InChI=1S/C14H18F3N3O/c15-14(16,17)10-4-2-5-11(7-10)19-13(21)20-12-6-1-3-9(12)8-18/h2,4-5,7,9,12H,1,3,6,8,18H2,(H2,19,20,21). The van der Waals surface area contributed by atoms with Gasteiger partial charge in [0.25, 0.3) is 0 Å². The number of rotatable bonds is 3. The van der Waals surface area contributed by atoms with Gasteiger partial charge in [-0.05, 0) is 43.5 Å². The number of carbonyl (C=O) groups excluding carboxylic acids is 1. The van der Waals surface area contributed by atoms with Crippen LogP contribution >= 0.6 is 0 Å². The van der Waals surface area contributed by atoms with Crippen LogP contribution in [0.1, 0.15) is 24.8 Å². The first-order chi connectivity index (χ1) is 9.90. The second-order valence-corrected chi connectivity index (χ2v) is 5.21. The third-order valence-electron chi connectivity index (χ3n) is 3.73. The van der Waals surface area contributed by atoms with E-state index in [9.17, 15) is 18.0 Å². The first kappa shape index (κ1) is 15.6. The van der Waals surface area contributed by atoms with Crippen molar-refractivity contribution in [2.75, 3.05) is 11.9 Å². The molecule has 1 aliphatic rings.